The molecular formula is C19H26O3S. The van der Waals surface area contributed by atoms with Gasteiger partial charge in [0.05, 0.1) is 17.6 Å². The van der Waals surface area contributed by atoms with Crippen LogP contribution in [0.1, 0.15) is 45.4 Å². The molecule has 0 heterocycles. The molecule has 3 nitrogen and oxygen atoms in total. The van der Waals surface area contributed by atoms with Crippen LogP contribution in [0.5, 0.6) is 0 Å². The van der Waals surface area contributed by atoms with Gasteiger partial charge in [-0.25, -0.2) is 0 Å². The molecule has 126 valence electrons. The molecule has 3 rings (SSSR count). The molecule has 0 bridgehead atoms. The second-order valence-electron chi connectivity index (χ2n) is 6.79. The Kier molecular flexibility index (Phi) is 5.02. The molecule has 0 amide bonds. The number of hydrogen-bond acceptors (Lipinski definition) is 4. The van der Waals surface area contributed by atoms with E-state index in [-0.39, 0.29) is 11.9 Å². The van der Waals surface area contributed by atoms with Gasteiger partial charge in [0.2, 0.25) is 0 Å². The summed E-state index contributed by atoms with van der Waals surface area (Å²) in [5.74, 6) is 0.855. The van der Waals surface area contributed by atoms with Gasteiger partial charge in [-0.2, -0.15) is 0 Å². The van der Waals surface area contributed by atoms with Gasteiger partial charge in [-0.1, -0.05) is 31.0 Å². The summed E-state index contributed by atoms with van der Waals surface area (Å²) in [6.45, 7) is 2.23. The summed E-state index contributed by atoms with van der Waals surface area (Å²) in [5.41, 5.74) is -1.55. The van der Waals surface area contributed by atoms with Crippen LogP contribution in [-0.2, 0) is 9.53 Å². The third kappa shape index (κ3) is 2.91. The molecule has 4 heteroatoms. The van der Waals surface area contributed by atoms with Crippen molar-refractivity contribution in [1.29, 1.82) is 0 Å². The fraction of sp³-hybridized carbons (Fsp3) is 0.632. The van der Waals surface area contributed by atoms with Crippen LogP contribution >= 0.6 is 11.8 Å². The molecule has 0 spiro atoms. The Labute approximate surface area is 142 Å². The maximum Gasteiger partial charge on any atom is 0.315 e. The third-order valence-corrected chi connectivity index (χ3v) is 6.87. The molecule has 0 radical (unpaired) electrons. The zero-order valence-electron chi connectivity index (χ0n) is 13.8. The molecule has 3 atom stereocenters. The second-order valence-corrected chi connectivity index (χ2v) is 7.89. The zero-order valence-corrected chi connectivity index (χ0v) is 14.6. The number of ether oxygens (including phenoxy) is 1. The van der Waals surface area contributed by atoms with Gasteiger partial charge in [-0.15, -0.1) is 11.8 Å². The number of rotatable bonds is 5. The number of carbonyl (C=O) groups excluding carboxylic acids is 1. The van der Waals surface area contributed by atoms with Gasteiger partial charge < -0.3 is 9.84 Å². The highest BCUT2D eigenvalue weighted by molar-refractivity contribution is 7.99. The average molecular weight is 334 g/mol. The molecule has 1 aromatic carbocycles. The minimum atomic E-state index is -0.890. The SMILES string of the molecule is CCOC(=O)[C@@]12CCCC[C@]1(O)[C@H](CSc1ccccc1)CC2. The Hall–Kier alpha value is -1.00. The molecule has 0 aromatic heterocycles. The molecular weight excluding hydrogens is 308 g/mol. The number of fused-ring (bicyclic) bond motifs is 1. The van der Waals surface area contributed by atoms with Gasteiger partial charge in [-0.3, -0.25) is 4.79 Å². The minimum absolute atomic E-state index is 0.164. The van der Waals surface area contributed by atoms with Crippen LogP contribution < -0.4 is 0 Å². The summed E-state index contributed by atoms with van der Waals surface area (Å²) in [6.07, 6.45) is 5.20. The molecule has 0 unspecified atom stereocenters. The van der Waals surface area contributed by atoms with Crippen molar-refractivity contribution < 1.29 is 14.6 Å². The smallest absolute Gasteiger partial charge is 0.315 e. The Balaban J connectivity index is 1.77. The number of esters is 1. The van der Waals surface area contributed by atoms with Crippen molar-refractivity contribution in [3.63, 3.8) is 0 Å². The second kappa shape index (κ2) is 6.86. The fourth-order valence-electron chi connectivity index (χ4n) is 4.46. The van der Waals surface area contributed by atoms with Gasteiger partial charge in [-0.05, 0) is 50.7 Å². The van der Waals surface area contributed by atoms with Gasteiger partial charge in [0, 0.05) is 10.6 Å². The van der Waals surface area contributed by atoms with Crippen LogP contribution in [0.3, 0.4) is 0 Å². The van der Waals surface area contributed by atoms with E-state index in [2.05, 4.69) is 12.1 Å². The zero-order chi connectivity index (χ0) is 16.3. The Bertz CT molecular complexity index is 547. The van der Waals surface area contributed by atoms with Crippen molar-refractivity contribution in [2.24, 2.45) is 11.3 Å². The van der Waals surface area contributed by atoms with E-state index in [0.717, 1.165) is 44.3 Å². The van der Waals surface area contributed by atoms with E-state index in [4.69, 9.17) is 4.74 Å². The van der Waals surface area contributed by atoms with E-state index >= 15 is 0 Å². The molecule has 2 fully saturated rings. The lowest BCUT2D eigenvalue weighted by atomic mass is 9.63. The van der Waals surface area contributed by atoms with Gasteiger partial charge in [0.25, 0.3) is 0 Å². The Morgan fingerprint density at radius 3 is 2.74 bits per heavy atom. The molecule has 23 heavy (non-hydrogen) atoms. The lowest BCUT2D eigenvalue weighted by molar-refractivity contribution is -0.181. The molecule has 0 saturated heterocycles. The van der Waals surface area contributed by atoms with Crippen molar-refractivity contribution in [2.45, 2.75) is 55.9 Å². The molecule has 0 aliphatic heterocycles. The number of carbonyl (C=O) groups is 1. The molecule has 2 aliphatic carbocycles. The quantitative estimate of drug-likeness (QED) is 0.652. The fourth-order valence-corrected chi connectivity index (χ4v) is 5.64. The standard InChI is InChI=1S/C19H26O3S/c1-2-22-17(20)18-11-6-7-12-19(18,21)15(10-13-18)14-23-16-8-4-3-5-9-16/h3-5,8-9,15,21H,2,6-7,10-14H2,1H3/t15-,18-,19-/m0/s1. The summed E-state index contributed by atoms with van der Waals surface area (Å²) < 4.78 is 5.36. The van der Waals surface area contributed by atoms with E-state index in [1.807, 2.05) is 25.1 Å². The molecule has 2 aliphatic rings. The van der Waals surface area contributed by atoms with Crippen LogP contribution in [0.4, 0.5) is 0 Å². The van der Waals surface area contributed by atoms with Crippen LogP contribution in [0.2, 0.25) is 0 Å². The van der Waals surface area contributed by atoms with Crippen molar-refractivity contribution >= 4 is 17.7 Å². The number of thioether (sulfide) groups is 1. The average Bonchev–Trinajstić information content (AvgIpc) is 2.88. The summed E-state index contributed by atoms with van der Waals surface area (Å²) >= 11 is 1.78. The van der Waals surface area contributed by atoms with E-state index in [0.29, 0.717) is 6.61 Å². The van der Waals surface area contributed by atoms with Crippen molar-refractivity contribution in [1.82, 2.24) is 0 Å². The minimum Gasteiger partial charge on any atom is -0.465 e. The Morgan fingerprint density at radius 2 is 2.00 bits per heavy atom. The monoisotopic (exact) mass is 334 g/mol. The maximum atomic E-state index is 12.6. The summed E-state index contributed by atoms with van der Waals surface area (Å²) in [7, 11) is 0. The topological polar surface area (TPSA) is 46.5 Å². The van der Waals surface area contributed by atoms with Crippen LogP contribution in [0.25, 0.3) is 0 Å². The predicted molar refractivity (Wildman–Crippen MR) is 92.4 cm³/mol. The predicted octanol–water partition coefficient (Wildman–Crippen LogP) is 4.04. The van der Waals surface area contributed by atoms with Crippen molar-refractivity contribution in [2.75, 3.05) is 12.4 Å². The first-order chi connectivity index (χ1) is 11.1. The van der Waals surface area contributed by atoms with Crippen LogP contribution in [-0.4, -0.2) is 29.0 Å². The summed E-state index contributed by atoms with van der Waals surface area (Å²) in [6, 6.07) is 10.3. The molecule has 1 aromatic rings. The van der Waals surface area contributed by atoms with Crippen LogP contribution in [0.15, 0.2) is 35.2 Å². The highest BCUT2D eigenvalue weighted by Crippen LogP contribution is 2.59. The number of benzene rings is 1. The van der Waals surface area contributed by atoms with Crippen molar-refractivity contribution in [3.05, 3.63) is 30.3 Å². The first-order valence-corrected chi connectivity index (χ1v) is 9.68. The van der Waals surface area contributed by atoms with E-state index < -0.39 is 11.0 Å². The van der Waals surface area contributed by atoms with E-state index in [9.17, 15) is 9.90 Å². The van der Waals surface area contributed by atoms with E-state index in [1.165, 1.54) is 4.90 Å². The highest BCUT2D eigenvalue weighted by Gasteiger charge is 2.64. The molecule has 2 saturated carbocycles. The normalized spacial score (nSPS) is 33.2. The van der Waals surface area contributed by atoms with Crippen LogP contribution in [0, 0.1) is 11.3 Å². The molecule has 1 N–H and O–H groups in total. The number of aliphatic hydroxyl groups is 1. The summed E-state index contributed by atoms with van der Waals surface area (Å²) in [4.78, 5) is 13.9. The van der Waals surface area contributed by atoms with Gasteiger partial charge in [0.15, 0.2) is 0 Å². The lowest BCUT2D eigenvalue weighted by Crippen LogP contribution is -2.55. The maximum absolute atomic E-state index is 12.6. The van der Waals surface area contributed by atoms with Crippen molar-refractivity contribution in [3.8, 4) is 0 Å². The lowest BCUT2D eigenvalue weighted by Gasteiger charge is -2.46. The van der Waals surface area contributed by atoms with Gasteiger partial charge >= 0.3 is 5.97 Å². The first kappa shape index (κ1) is 16.8. The van der Waals surface area contributed by atoms with E-state index in [1.54, 1.807) is 11.8 Å². The Morgan fingerprint density at radius 1 is 1.26 bits per heavy atom. The highest BCUT2D eigenvalue weighted by atomic mass is 32.2. The third-order valence-electron chi connectivity index (χ3n) is 5.70. The largest absolute Gasteiger partial charge is 0.465 e. The van der Waals surface area contributed by atoms with Gasteiger partial charge in [0.1, 0.15) is 0 Å². The number of hydrogen-bond donors (Lipinski definition) is 1. The summed E-state index contributed by atoms with van der Waals surface area (Å²) in [5, 5.41) is 11.5. The first-order valence-electron chi connectivity index (χ1n) is 8.70.